The van der Waals surface area contributed by atoms with E-state index in [4.69, 9.17) is 14.6 Å². The highest BCUT2D eigenvalue weighted by atomic mass is 16.6. The summed E-state index contributed by atoms with van der Waals surface area (Å²) in [5.41, 5.74) is 0.894. The molecule has 4 rings (SSSR count). The summed E-state index contributed by atoms with van der Waals surface area (Å²) in [4.78, 5) is 36.8. The average Bonchev–Trinajstić information content (AvgIpc) is 2.92. The molecule has 0 atom stereocenters. The molecule has 188 valence electrons. The van der Waals surface area contributed by atoms with E-state index in [1.165, 1.54) is 36.4 Å². The lowest BCUT2D eigenvalue weighted by Gasteiger charge is -2.12. The van der Waals surface area contributed by atoms with Crippen LogP contribution in [0.4, 0.5) is 5.69 Å². The standard InChI is InChI=1S/C30H22N2O6/c1-2-37-27-16-19(15-22(18-31)28(33)32-23-10-5-9-21(17-23)29(34)35)13-14-26(27)38-30(36)25-12-6-8-20-7-3-4-11-24(20)25/h3-17H,2H2,1H3,(H,32,33)(H,34,35). The van der Waals surface area contributed by atoms with Crippen molar-refractivity contribution in [1.29, 1.82) is 5.26 Å². The number of anilines is 1. The van der Waals surface area contributed by atoms with Crippen LogP contribution in [0.1, 0.15) is 33.2 Å². The minimum absolute atomic E-state index is 0.000259. The minimum atomic E-state index is -1.14. The summed E-state index contributed by atoms with van der Waals surface area (Å²) in [7, 11) is 0. The van der Waals surface area contributed by atoms with Crippen molar-refractivity contribution in [3.63, 3.8) is 0 Å². The van der Waals surface area contributed by atoms with Gasteiger partial charge < -0.3 is 19.9 Å². The second-order valence-electron chi connectivity index (χ2n) is 8.07. The summed E-state index contributed by atoms with van der Waals surface area (Å²) in [5.74, 6) is -1.94. The molecule has 2 N–H and O–H groups in total. The summed E-state index contributed by atoms with van der Waals surface area (Å²) in [5, 5.41) is 22.9. The molecule has 4 aromatic carbocycles. The molecule has 0 aliphatic rings. The molecule has 0 heterocycles. The van der Waals surface area contributed by atoms with Crippen LogP contribution in [0.15, 0.2) is 90.5 Å². The van der Waals surface area contributed by atoms with Crippen LogP contribution in [0.5, 0.6) is 11.5 Å². The topological polar surface area (TPSA) is 126 Å². The van der Waals surface area contributed by atoms with Crippen LogP contribution < -0.4 is 14.8 Å². The zero-order valence-electron chi connectivity index (χ0n) is 20.3. The molecule has 0 fully saturated rings. The predicted molar refractivity (Wildman–Crippen MR) is 142 cm³/mol. The average molecular weight is 507 g/mol. The molecule has 0 aliphatic heterocycles. The summed E-state index contributed by atoms with van der Waals surface area (Å²) < 4.78 is 11.3. The Morgan fingerprint density at radius 2 is 1.71 bits per heavy atom. The number of carbonyl (C=O) groups is 3. The highest BCUT2D eigenvalue weighted by molar-refractivity contribution is 6.10. The number of amides is 1. The van der Waals surface area contributed by atoms with Gasteiger partial charge in [-0.2, -0.15) is 5.26 Å². The van der Waals surface area contributed by atoms with Crippen molar-refractivity contribution in [3.05, 3.63) is 107 Å². The maximum atomic E-state index is 13.0. The van der Waals surface area contributed by atoms with E-state index in [2.05, 4.69) is 5.32 Å². The number of hydrogen-bond donors (Lipinski definition) is 2. The molecule has 0 aromatic heterocycles. The molecular weight excluding hydrogens is 484 g/mol. The molecule has 0 saturated carbocycles. The van der Waals surface area contributed by atoms with Gasteiger partial charge in [0.1, 0.15) is 11.6 Å². The molecule has 8 heteroatoms. The van der Waals surface area contributed by atoms with E-state index >= 15 is 0 Å². The molecular formula is C30H22N2O6. The Hall–Kier alpha value is -5.42. The van der Waals surface area contributed by atoms with Gasteiger partial charge in [0.05, 0.1) is 17.7 Å². The molecule has 0 unspecified atom stereocenters. The van der Waals surface area contributed by atoms with Crippen molar-refractivity contribution in [1.82, 2.24) is 0 Å². The molecule has 4 aromatic rings. The van der Waals surface area contributed by atoms with Gasteiger partial charge in [0.15, 0.2) is 11.5 Å². The van der Waals surface area contributed by atoms with Gasteiger partial charge >= 0.3 is 11.9 Å². The second-order valence-corrected chi connectivity index (χ2v) is 8.07. The quantitative estimate of drug-likeness (QED) is 0.136. The monoisotopic (exact) mass is 506 g/mol. The Labute approximate surface area is 218 Å². The Kier molecular flexibility index (Phi) is 7.80. The van der Waals surface area contributed by atoms with E-state index < -0.39 is 17.8 Å². The lowest BCUT2D eigenvalue weighted by atomic mass is 10.0. The first kappa shape index (κ1) is 25.7. The lowest BCUT2D eigenvalue weighted by molar-refractivity contribution is -0.112. The molecule has 0 saturated heterocycles. The molecule has 0 radical (unpaired) electrons. The first-order valence-corrected chi connectivity index (χ1v) is 11.6. The van der Waals surface area contributed by atoms with Gasteiger partial charge in [-0.15, -0.1) is 0 Å². The molecule has 0 aliphatic carbocycles. The van der Waals surface area contributed by atoms with E-state index in [1.807, 2.05) is 36.4 Å². The summed E-state index contributed by atoms with van der Waals surface area (Å²) >= 11 is 0. The Morgan fingerprint density at radius 3 is 2.47 bits per heavy atom. The molecule has 8 nitrogen and oxygen atoms in total. The van der Waals surface area contributed by atoms with Gasteiger partial charge in [0.2, 0.25) is 0 Å². The van der Waals surface area contributed by atoms with Gasteiger partial charge in [-0.3, -0.25) is 4.79 Å². The van der Waals surface area contributed by atoms with Crippen LogP contribution in [0.3, 0.4) is 0 Å². The largest absolute Gasteiger partial charge is 0.490 e. The zero-order valence-corrected chi connectivity index (χ0v) is 20.3. The van der Waals surface area contributed by atoms with Crippen LogP contribution in [0, 0.1) is 11.3 Å². The van der Waals surface area contributed by atoms with Crippen LogP contribution >= 0.6 is 0 Å². The van der Waals surface area contributed by atoms with Gasteiger partial charge in [0.25, 0.3) is 5.91 Å². The Morgan fingerprint density at radius 1 is 0.947 bits per heavy atom. The van der Waals surface area contributed by atoms with E-state index in [0.29, 0.717) is 11.1 Å². The fraction of sp³-hybridized carbons (Fsp3) is 0.0667. The number of nitrogens with one attached hydrogen (secondary N) is 1. The normalized spacial score (nSPS) is 10.9. The predicted octanol–water partition coefficient (Wildman–Crippen LogP) is 5.70. The van der Waals surface area contributed by atoms with Crippen LogP contribution in [0.2, 0.25) is 0 Å². The Balaban J connectivity index is 1.58. The van der Waals surface area contributed by atoms with Crippen LogP contribution in [-0.2, 0) is 4.79 Å². The first-order chi connectivity index (χ1) is 18.4. The van der Waals surface area contributed by atoms with E-state index in [0.717, 1.165) is 10.8 Å². The minimum Gasteiger partial charge on any atom is -0.490 e. The number of hydrogen-bond acceptors (Lipinski definition) is 6. The molecule has 1 amide bonds. The number of esters is 1. The van der Waals surface area contributed by atoms with Crippen molar-refractivity contribution in [3.8, 4) is 17.6 Å². The van der Waals surface area contributed by atoms with E-state index in [1.54, 1.807) is 31.2 Å². The van der Waals surface area contributed by atoms with Crippen LogP contribution in [0.25, 0.3) is 16.8 Å². The number of ether oxygens (including phenoxy) is 2. The van der Waals surface area contributed by atoms with Crippen LogP contribution in [-0.4, -0.2) is 29.6 Å². The third-order valence-corrected chi connectivity index (χ3v) is 5.52. The van der Waals surface area contributed by atoms with Gasteiger partial charge in [-0.25, -0.2) is 9.59 Å². The van der Waals surface area contributed by atoms with Gasteiger partial charge in [-0.05, 0) is 65.7 Å². The smallest absolute Gasteiger partial charge is 0.344 e. The second kappa shape index (κ2) is 11.5. The van der Waals surface area contributed by atoms with Crippen molar-refractivity contribution in [2.75, 3.05) is 11.9 Å². The number of aromatic carboxylic acids is 1. The maximum absolute atomic E-state index is 13.0. The summed E-state index contributed by atoms with van der Waals surface area (Å²) in [6.07, 6.45) is 1.36. The number of nitriles is 1. The highest BCUT2D eigenvalue weighted by Crippen LogP contribution is 2.31. The third-order valence-electron chi connectivity index (χ3n) is 5.52. The zero-order chi connectivity index (χ0) is 27.1. The molecule has 38 heavy (non-hydrogen) atoms. The first-order valence-electron chi connectivity index (χ1n) is 11.6. The summed E-state index contributed by atoms with van der Waals surface area (Å²) in [6, 6.07) is 25.1. The van der Waals surface area contributed by atoms with Gasteiger partial charge in [0, 0.05) is 5.69 Å². The fourth-order valence-electron chi connectivity index (χ4n) is 3.77. The highest BCUT2D eigenvalue weighted by Gasteiger charge is 2.17. The SMILES string of the molecule is CCOc1cc(C=C(C#N)C(=O)Nc2cccc(C(=O)O)c2)ccc1OC(=O)c1cccc2ccccc12. The van der Waals surface area contributed by atoms with Gasteiger partial charge in [-0.1, -0.05) is 48.5 Å². The fourth-order valence-corrected chi connectivity index (χ4v) is 3.77. The van der Waals surface area contributed by atoms with Crippen molar-refractivity contribution in [2.45, 2.75) is 6.92 Å². The maximum Gasteiger partial charge on any atom is 0.344 e. The molecule has 0 spiro atoms. The summed E-state index contributed by atoms with van der Waals surface area (Å²) in [6.45, 7) is 2.07. The van der Waals surface area contributed by atoms with Crippen molar-refractivity contribution >= 4 is 40.4 Å². The molecule has 0 bridgehead atoms. The number of benzene rings is 4. The van der Waals surface area contributed by atoms with E-state index in [-0.39, 0.29) is 34.9 Å². The number of carboxylic acids is 1. The third kappa shape index (κ3) is 5.86. The lowest BCUT2D eigenvalue weighted by Crippen LogP contribution is -2.14. The van der Waals surface area contributed by atoms with E-state index in [9.17, 15) is 19.6 Å². The number of carboxylic acid groups (broad SMARTS) is 1. The number of rotatable bonds is 8. The number of nitrogens with zero attached hydrogens (tertiary/aromatic N) is 1. The Bertz CT molecular complexity index is 1610. The number of fused-ring (bicyclic) bond motifs is 1. The van der Waals surface area contributed by atoms with Crippen molar-refractivity contribution in [2.24, 2.45) is 0 Å². The number of carbonyl (C=O) groups excluding carboxylic acids is 2. The van der Waals surface area contributed by atoms with Crippen molar-refractivity contribution < 1.29 is 29.0 Å².